The van der Waals surface area contributed by atoms with Crippen molar-refractivity contribution in [2.75, 3.05) is 25.5 Å². The van der Waals surface area contributed by atoms with Crippen molar-refractivity contribution in [1.82, 2.24) is 4.90 Å². The van der Waals surface area contributed by atoms with Gasteiger partial charge in [-0.2, -0.15) is 0 Å². The first-order chi connectivity index (χ1) is 10.1. The van der Waals surface area contributed by atoms with Crippen LogP contribution < -0.4 is 5.32 Å². The first-order valence-corrected chi connectivity index (χ1v) is 7.32. The van der Waals surface area contributed by atoms with Gasteiger partial charge < -0.3 is 10.2 Å². The highest BCUT2D eigenvalue weighted by molar-refractivity contribution is 5.99. The number of benzene rings is 1. The van der Waals surface area contributed by atoms with Crippen LogP contribution in [0.4, 0.5) is 11.4 Å². The molecule has 0 unspecified atom stereocenters. The molecular weight excluding hydrogens is 270 g/mol. The number of hydrogen-bond acceptors (Lipinski definition) is 4. The molecule has 6 heteroatoms. The molecular formula is C15H21N3O3. The molecule has 0 spiro atoms. The van der Waals surface area contributed by atoms with Crippen LogP contribution in [0.2, 0.25) is 0 Å². The van der Waals surface area contributed by atoms with E-state index in [0.717, 1.165) is 12.8 Å². The Hall–Kier alpha value is -2.11. The maximum atomic E-state index is 12.6. The van der Waals surface area contributed by atoms with Crippen molar-refractivity contribution in [3.05, 3.63) is 33.9 Å². The SMILES string of the molecule is CCN(CC1CCC1)C(=O)c1cc(NC)ccc1[N+](=O)[O-]. The summed E-state index contributed by atoms with van der Waals surface area (Å²) in [5.74, 6) is 0.286. The summed E-state index contributed by atoms with van der Waals surface area (Å²) in [4.78, 5) is 25.0. The Labute approximate surface area is 124 Å². The molecule has 1 aliphatic rings. The zero-order valence-corrected chi connectivity index (χ0v) is 12.5. The van der Waals surface area contributed by atoms with Gasteiger partial charge >= 0.3 is 0 Å². The van der Waals surface area contributed by atoms with Crippen LogP contribution in [0.25, 0.3) is 0 Å². The molecule has 0 bridgehead atoms. The topological polar surface area (TPSA) is 75.5 Å². The zero-order valence-electron chi connectivity index (χ0n) is 12.5. The summed E-state index contributed by atoms with van der Waals surface area (Å²) < 4.78 is 0. The van der Waals surface area contributed by atoms with Crippen LogP contribution >= 0.6 is 0 Å². The molecule has 1 saturated carbocycles. The lowest BCUT2D eigenvalue weighted by atomic mass is 9.85. The molecule has 1 fully saturated rings. The number of rotatable bonds is 6. The third kappa shape index (κ3) is 3.32. The Morgan fingerprint density at radius 3 is 2.67 bits per heavy atom. The molecule has 1 N–H and O–H groups in total. The van der Waals surface area contributed by atoms with Gasteiger partial charge in [0.15, 0.2) is 0 Å². The second-order valence-electron chi connectivity index (χ2n) is 5.38. The predicted molar refractivity (Wildman–Crippen MR) is 81.6 cm³/mol. The average molecular weight is 291 g/mol. The monoisotopic (exact) mass is 291 g/mol. The van der Waals surface area contributed by atoms with Crippen LogP contribution in [-0.4, -0.2) is 35.9 Å². The lowest BCUT2D eigenvalue weighted by Crippen LogP contribution is -2.37. The molecule has 114 valence electrons. The highest BCUT2D eigenvalue weighted by Gasteiger charge is 2.27. The fourth-order valence-corrected chi connectivity index (χ4v) is 2.54. The molecule has 1 aromatic carbocycles. The minimum absolute atomic E-state index is 0.133. The Balaban J connectivity index is 2.28. The Morgan fingerprint density at radius 1 is 1.48 bits per heavy atom. The molecule has 0 saturated heterocycles. The molecule has 0 radical (unpaired) electrons. The summed E-state index contributed by atoms with van der Waals surface area (Å²) in [6, 6.07) is 4.55. The Kier molecular flexibility index (Phi) is 4.77. The minimum atomic E-state index is -0.496. The van der Waals surface area contributed by atoms with Crippen LogP contribution in [0, 0.1) is 16.0 Å². The van der Waals surface area contributed by atoms with Gasteiger partial charge in [0.1, 0.15) is 5.56 Å². The lowest BCUT2D eigenvalue weighted by molar-refractivity contribution is -0.385. The van der Waals surface area contributed by atoms with Crippen LogP contribution in [0.15, 0.2) is 18.2 Å². The van der Waals surface area contributed by atoms with Crippen molar-refractivity contribution in [3.63, 3.8) is 0 Å². The van der Waals surface area contributed by atoms with Crippen LogP contribution in [0.1, 0.15) is 36.5 Å². The van der Waals surface area contributed by atoms with Gasteiger partial charge in [-0.25, -0.2) is 0 Å². The van der Waals surface area contributed by atoms with E-state index in [1.165, 1.54) is 12.5 Å². The summed E-state index contributed by atoms with van der Waals surface area (Å²) in [7, 11) is 1.72. The second-order valence-corrected chi connectivity index (χ2v) is 5.38. The molecule has 0 aliphatic heterocycles. The highest BCUT2D eigenvalue weighted by atomic mass is 16.6. The third-order valence-corrected chi connectivity index (χ3v) is 4.08. The molecule has 0 heterocycles. The van der Waals surface area contributed by atoms with Crippen molar-refractivity contribution in [3.8, 4) is 0 Å². The smallest absolute Gasteiger partial charge is 0.282 e. The van der Waals surface area contributed by atoms with Gasteiger partial charge in [0.25, 0.3) is 11.6 Å². The minimum Gasteiger partial charge on any atom is -0.388 e. The summed E-state index contributed by atoms with van der Waals surface area (Å²) in [6.07, 6.45) is 3.50. The van der Waals surface area contributed by atoms with Crippen molar-refractivity contribution in [2.24, 2.45) is 5.92 Å². The Morgan fingerprint density at radius 2 is 2.19 bits per heavy atom. The fraction of sp³-hybridized carbons (Fsp3) is 0.533. The number of amides is 1. The molecule has 0 aromatic heterocycles. The summed E-state index contributed by atoms with van der Waals surface area (Å²) in [5.41, 5.74) is 0.725. The van der Waals surface area contributed by atoms with E-state index in [1.54, 1.807) is 24.1 Å². The van der Waals surface area contributed by atoms with Crippen molar-refractivity contribution >= 4 is 17.3 Å². The maximum absolute atomic E-state index is 12.6. The van der Waals surface area contributed by atoms with E-state index < -0.39 is 4.92 Å². The van der Waals surface area contributed by atoms with E-state index in [-0.39, 0.29) is 17.2 Å². The van der Waals surface area contributed by atoms with Gasteiger partial charge in [0, 0.05) is 31.9 Å². The molecule has 1 aromatic rings. The average Bonchev–Trinajstić information content (AvgIpc) is 2.45. The molecule has 1 amide bonds. The van der Waals surface area contributed by atoms with Crippen molar-refractivity contribution in [1.29, 1.82) is 0 Å². The van der Waals surface area contributed by atoms with E-state index in [2.05, 4.69) is 5.32 Å². The first kappa shape index (κ1) is 15.3. The third-order valence-electron chi connectivity index (χ3n) is 4.08. The summed E-state index contributed by atoms with van der Waals surface area (Å²) in [5, 5.41) is 14.1. The standard InChI is InChI=1S/C15H21N3O3/c1-3-17(10-11-5-4-6-11)15(19)13-9-12(16-2)7-8-14(13)18(20)21/h7-9,11,16H,3-6,10H2,1-2H3. The highest BCUT2D eigenvalue weighted by Crippen LogP contribution is 2.29. The number of anilines is 1. The predicted octanol–water partition coefficient (Wildman–Crippen LogP) is 2.90. The van der Waals surface area contributed by atoms with E-state index in [4.69, 9.17) is 0 Å². The van der Waals surface area contributed by atoms with E-state index in [0.29, 0.717) is 24.7 Å². The second kappa shape index (κ2) is 6.56. The zero-order chi connectivity index (χ0) is 15.4. The molecule has 1 aliphatic carbocycles. The molecule has 2 rings (SSSR count). The van der Waals surface area contributed by atoms with Crippen LogP contribution in [0.5, 0.6) is 0 Å². The van der Waals surface area contributed by atoms with E-state index >= 15 is 0 Å². The van der Waals surface area contributed by atoms with Gasteiger partial charge in [-0.3, -0.25) is 14.9 Å². The van der Waals surface area contributed by atoms with Gasteiger partial charge in [0.2, 0.25) is 0 Å². The first-order valence-electron chi connectivity index (χ1n) is 7.32. The van der Waals surface area contributed by atoms with Gasteiger partial charge in [0.05, 0.1) is 4.92 Å². The number of nitrogens with one attached hydrogen (secondary N) is 1. The molecule has 0 atom stereocenters. The Bertz CT molecular complexity index is 541. The maximum Gasteiger partial charge on any atom is 0.282 e. The van der Waals surface area contributed by atoms with Crippen LogP contribution in [-0.2, 0) is 0 Å². The normalized spacial score (nSPS) is 14.4. The largest absolute Gasteiger partial charge is 0.388 e. The number of nitro benzene ring substituents is 1. The van der Waals surface area contributed by atoms with E-state index in [1.807, 2.05) is 6.92 Å². The lowest BCUT2D eigenvalue weighted by Gasteiger charge is -2.31. The van der Waals surface area contributed by atoms with Gasteiger partial charge in [-0.15, -0.1) is 0 Å². The quantitative estimate of drug-likeness (QED) is 0.646. The number of carbonyl (C=O) groups excluding carboxylic acids is 1. The number of hydrogen-bond donors (Lipinski definition) is 1. The van der Waals surface area contributed by atoms with E-state index in [9.17, 15) is 14.9 Å². The molecule has 21 heavy (non-hydrogen) atoms. The summed E-state index contributed by atoms with van der Waals surface area (Å²) in [6.45, 7) is 3.16. The summed E-state index contributed by atoms with van der Waals surface area (Å²) >= 11 is 0. The van der Waals surface area contributed by atoms with Crippen molar-refractivity contribution < 1.29 is 9.72 Å². The van der Waals surface area contributed by atoms with Crippen molar-refractivity contribution in [2.45, 2.75) is 26.2 Å². The van der Waals surface area contributed by atoms with Gasteiger partial charge in [-0.1, -0.05) is 6.42 Å². The molecule has 6 nitrogen and oxygen atoms in total. The van der Waals surface area contributed by atoms with Crippen LogP contribution in [0.3, 0.4) is 0 Å². The number of nitrogens with zero attached hydrogens (tertiary/aromatic N) is 2. The number of nitro groups is 1. The van der Waals surface area contributed by atoms with Gasteiger partial charge in [-0.05, 0) is 37.8 Å². The number of carbonyl (C=O) groups is 1. The fourth-order valence-electron chi connectivity index (χ4n) is 2.54.